The molecule has 5 rings (SSSR count). The monoisotopic (exact) mass is 448 g/mol. The fourth-order valence-electron chi connectivity index (χ4n) is 8.52. The molecule has 3 nitrogen and oxygen atoms in total. The number of ether oxygens (including phenoxy) is 3. The van der Waals surface area contributed by atoms with Crippen LogP contribution < -0.4 is 0 Å². The Labute approximate surface area is 194 Å². The van der Waals surface area contributed by atoms with E-state index in [1.807, 2.05) is 7.11 Å². The van der Waals surface area contributed by atoms with E-state index in [-0.39, 0.29) is 17.6 Å². The van der Waals surface area contributed by atoms with Crippen LogP contribution >= 0.6 is 0 Å². The Hall–Kier alpha value is -0.450. The lowest BCUT2D eigenvalue weighted by Crippen LogP contribution is -2.59. The van der Waals surface area contributed by atoms with Crippen LogP contribution in [0.5, 0.6) is 0 Å². The molecule has 32 heavy (non-hydrogen) atoms. The second-order valence-electron chi connectivity index (χ2n) is 11.8. The summed E-state index contributed by atoms with van der Waals surface area (Å²) < 4.78 is 33.7. The number of hydrogen-bond acceptors (Lipinski definition) is 3. The second-order valence-corrected chi connectivity index (χ2v) is 11.8. The van der Waals surface area contributed by atoms with Gasteiger partial charge in [0.2, 0.25) is 0 Å². The first-order chi connectivity index (χ1) is 15.6. The SMILES string of the molecule is COC1CCC(C2(C3CCC(OC)C(F)C3)C=CC3C(C)CC4CCCCC4C3O2)CC1. The minimum atomic E-state index is -0.881. The predicted molar refractivity (Wildman–Crippen MR) is 125 cm³/mol. The lowest BCUT2D eigenvalue weighted by molar-refractivity contribution is -0.212. The quantitative estimate of drug-likeness (QED) is 0.459. The molecule has 0 spiro atoms. The van der Waals surface area contributed by atoms with Crippen molar-refractivity contribution < 1.29 is 18.6 Å². The van der Waals surface area contributed by atoms with Crippen molar-refractivity contribution in [1.29, 1.82) is 0 Å². The number of halogens is 1. The normalized spacial score (nSPS) is 51.6. The van der Waals surface area contributed by atoms with Gasteiger partial charge in [0.15, 0.2) is 0 Å². The number of alkyl halides is 1. The van der Waals surface area contributed by atoms with E-state index in [0.29, 0.717) is 42.3 Å². The van der Waals surface area contributed by atoms with Crippen LogP contribution in [-0.2, 0) is 14.2 Å². The average Bonchev–Trinajstić information content (AvgIpc) is 2.84. The second kappa shape index (κ2) is 9.66. The summed E-state index contributed by atoms with van der Waals surface area (Å²) in [7, 11) is 3.50. The van der Waals surface area contributed by atoms with E-state index < -0.39 is 6.17 Å². The summed E-state index contributed by atoms with van der Waals surface area (Å²) >= 11 is 0. The minimum Gasteiger partial charge on any atom is -0.381 e. The molecular formula is C28H45FO3. The van der Waals surface area contributed by atoms with E-state index in [0.717, 1.165) is 44.4 Å². The van der Waals surface area contributed by atoms with Crippen LogP contribution in [0.1, 0.15) is 84.0 Å². The van der Waals surface area contributed by atoms with Gasteiger partial charge in [-0.2, -0.15) is 0 Å². The van der Waals surface area contributed by atoms with Crippen molar-refractivity contribution in [3.05, 3.63) is 12.2 Å². The first-order valence-corrected chi connectivity index (χ1v) is 13.6. The lowest BCUT2D eigenvalue weighted by Gasteiger charge is -2.57. The van der Waals surface area contributed by atoms with Gasteiger partial charge >= 0.3 is 0 Å². The van der Waals surface area contributed by atoms with Gasteiger partial charge in [-0.05, 0) is 87.4 Å². The molecule has 0 aromatic carbocycles. The maximum absolute atomic E-state index is 15.1. The highest BCUT2D eigenvalue weighted by atomic mass is 19.1. The highest BCUT2D eigenvalue weighted by Gasteiger charge is 2.55. The summed E-state index contributed by atoms with van der Waals surface area (Å²) in [5, 5.41) is 0. The first kappa shape index (κ1) is 23.3. The molecular weight excluding hydrogens is 403 g/mol. The van der Waals surface area contributed by atoms with Gasteiger partial charge < -0.3 is 14.2 Å². The zero-order valence-electron chi connectivity index (χ0n) is 20.5. The van der Waals surface area contributed by atoms with Gasteiger partial charge in [0, 0.05) is 20.1 Å². The van der Waals surface area contributed by atoms with E-state index in [9.17, 15) is 0 Å². The Kier molecular flexibility index (Phi) is 7.03. The number of fused-ring (bicyclic) bond motifs is 3. The highest BCUT2D eigenvalue weighted by molar-refractivity contribution is 5.19. The van der Waals surface area contributed by atoms with Crippen molar-refractivity contribution in [2.75, 3.05) is 14.2 Å². The molecule has 5 aliphatic rings. The van der Waals surface area contributed by atoms with E-state index in [1.54, 1.807) is 7.11 Å². The molecule has 4 aliphatic carbocycles. The molecule has 0 aromatic rings. The minimum absolute atomic E-state index is 0.245. The molecule has 4 heteroatoms. The van der Waals surface area contributed by atoms with Crippen molar-refractivity contribution in [2.45, 2.75) is 114 Å². The standard InChI is InChI=1S/C28H45FO3/c1-18-16-19-6-4-5-7-24(19)27-23(18)14-15-28(32-27,20-8-11-22(30-2)12-9-20)21-10-13-26(31-3)25(29)17-21/h14-15,18-27H,4-13,16-17H2,1-3H3. The van der Waals surface area contributed by atoms with Crippen LogP contribution in [0.15, 0.2) is 12.2 Å². The third kappa shape index (κ3) is 4.11. The van der Waals surface area contributed by atoms with Crippen molar-refractivity contribution in [3.8, 4) is 0 Å². The zero-order valence-corrected chi connectivity index (χ0v) is 20.5. The number of rotatable bonds is 4. The first-order valence-electron chi connectivity index (χ1n) is 13.6. The molecule has 1 heterocycles. The summed E-state index contributed by atoms with van der Waals surface area (Å²) in [5.41, 5.74) is -0.304. The van der Waals surface area contributed by atoms with Gasteiger partial charge in [-0.1, -0.05) is 38.3 Å². The van der Waals surface area contributed by atoms with E-state index in [4.69, 9.17) is 14.2 Å². The molecule has 182 valence electrons. The number of hydrogen-bond donors (Lipinski definition) is 0. The fourth-order valence-corrected chi connectivity index (χ4v) is 8.52. The summed E-state index contributed by atoms with van der Waals surface area (Å²) in [6.07, 6.45) is 18.2. The van der Waals surface area contributed by atoms with Crippen LogP contribution in [0, 0.1) is 35.5 Å². The molecule has 4 fully saturated rings. The fraction of sp³-hybridized carbons (Fsp3) is 0.929. The molecule has 0 saturated heterocycles. The predicted octanol–water partition coefficient (Wildman–Crippen LogP) is 6.50. The van der Waals surface area contributed by atoms with Crippen LogP contribution in [0.3, 0.4) is 0 Å². The van der Waals surface area contributed by atoms with Gasteiger partial charge in [-0.15, -0.1) is 0 Å². The van der Waals surface area contributed by atoms with Crippen LogP contribution in [0.4, 0.5) is 4.39 Å². The summed E-state index contributed by atoms with van der Waals surface area (Å²) in [6.45, 7) is 2.44. The molecule has 0 radical (unpaired) electrons. The van der Waals surface area contributed by atoms with Crippen molar-refractivity contribution >= 4 is 0 Å². The Morgan fingerprint density at radius 1 is 0.875 bits per heavy atom. The molecule has 4 saturated carbocycles. The van der Waals surface area contributed by atoms with Gasteiger partial charge in [0.1, 0.15) is 6.17 Å². The van der Waals surface area contributed by atoms with Crippen molar-refractivity contribution in [2.24, 2.45) is 35.5 Å². The molecule has 0 amide bonds. The van der Waals surface area contributed by atoms with Crippen LogP contribution in [-0.4, -0.2) is 44.3 Å². The number of methoxy groups -OCH3 is 2. The topological polar surface area (TPSA) is 27.7 Å². The Morgan fingerprint density at radius 2 is 1.62 bits per heavy atom. The van der Waals surface area contributed by atoms with Crippen molar-refractivity contribution in [1.82, 2.24) is 0 Å². The average molecular weight is 449 g/mol. The maximum Gasteiger partial charge on any atom is 0.127 e. The van der Waals surface area contributed by atoms with Gasteiger partial charge in [-0.3, -0.25) is 0 Å². The summed E-state index contributed by atoms with van der Waals surface area (Å²) in [4.78, 5) is 0. The van der Waals surface area contributed by atoms with Crippen molar-refractivity contribution in [3.63, 3.8) is 0 Å². The van der Waals surface area contributed by atoms with E-state index >= 15 is 4.39 Å². The Balaban J connectivity index is 1.45. The third-order valence-electron chi connectivity index (χ3n) is 10.3. The lowest BCUT2D eigenvalue weighted by atomic mass is 9.58. The zero-order chi connectivity index (χ0) is 22.3. The van der Waals surface area contributed by atoms with E-state index in [1.165, 1.54) is 32.1 Å². The highest BCUT2D eigenvalue weighted by Crippen LogP contribution is 2.55. The molecule has 0 aromatic heterocycles. The largest absolute Gasteiger partial charge is 0.381 e. The van der Waals surface area contributed by atoms with Gasteiger partial charge in [0.25, 0.3) is 0 Å². The molecule has 9 atom stereocenters. The third-order valence-corrected chi connectivity index (χ3v) is 10.3. The summed E-state index contributed by atoms with van der Waals surface area (Å²) in [6, 6.07) is 0. The maximum atomic E-state index is 15.1. The molecule has 1 aliphatic heterocycles. The molecule has 9 unspecified atom stereocenters. The molecule has 0 N–H and O–H groups in total. The Bertz CT molecular complexity index is 659. The van der Waals surface area contributed by atoms with Crippen LogP contribution in [0.25, 0.3) is 0 Å². The van der Waals surface area contributed by atoms with E-state index in [2.05, 4.69) is 19.1 Å². The smallest absolute Gasteiger partial charge is 0.127 e. The summed E-state index contributed by atoms with van der Waals surface area (Å²) in [5.74, 6) is 3.48. The van der Waals surface area contributed by atoms with Crippen LogP contribution in [0.2, 0.25) is 0 Å². The molecule has 0 bridgehead atoms. The Morgan fingerprint density at radius 3 is 2.34 bits per heavy atom. The van der Waals surface area contributed by atoms with Gasteiger partial charge in [0.05, 0.1) is 23.9 Å². The van der Waals surface area contributed by atoms with Gasteiger partial charge in [-0.25, -0.2) is 4.39 Å².